The van der Waals surface area contributed by atoms with Crippen LogP contribution < -0.4 is 0 Å². The highest BCUT2D eigenvalue weighted by Gasteiger charge is 2.23. The number of esters is 1. The molecule has 2 rings (SSSR count). The summed E-state index contributed by atoms with van der Waals surface area (Å²) in [4.78, 5) is 14.9. The second-order valence-corrected chi connectivity index (χ2v) is 4.14. The van der Waals surface area contributed by atoms with Crippen molar-refractivity contribution in [3.05, 3.63) is 42.1 Å². The van der Waals surface area contributed by atoms with Gasteiger partial charge in [0.15, 0.2) is 5.71 Å². The molecule has 1 heterocycles. The molecule has 98 valence electrons. The Morgan fingerprint density at radius 2 is 2.11 bits per heavy atom. The summed E-state index contributed by atoms with van der Waals surface area (Å²) in [5, 5.41) is 13.0. The van der Waals surface area contributed by atoms with E-state index in [1.54, 1.807) is 6.92 Å². The summed E-state index contributed by atoms with van der Waals surface area (Å²) in [5.74, 6) is -0.699. The molecule has 0 aliphatic carbocycles. The summed E-state index contributed by atoms with van der Waals surface area (Å²) >= 11 is 0. The highest BCUT2D eigenvalue weighted by atomic mass is 16.5. The fourth-order valence-electron chi connectivity index (χ4n) is 2.00. The summed E-state index contributed by atoms with van der Waals surface area (Å²) in [6.07, 6.45) is 0. The van der Waals surface area contributed by atoms with Gasteiger partial charge in [-0.15, -0.1) is 0 Å². The van der Waals surface area contributed by atoms with Gasteiger partial charge in [-0.2, -0.15) is 0 Å². The molecule has 0 saturated carbocycles. The van der Waals surface area contributed by atoms with Crippen molar-refractivity contribution in [3.63, 3.8) is 0 Å². The molecule has 2 N–H and O–H groups in total. The Morgan fingerprint density at radius 1 is 1.42 bits per heavy atom. The number of hydrogen-bond acceptors (Lipinski definition) is 4. The standard InChI is InChI=1S/C14H14N2O3/c1-8(2)12-11(13(16-18)14(17)19-3)9-6-4-5-7-10(9)15-12/h4-7,15,18H,1H2,2-3H3/b16-13-. The molecule has 0 saturated heterocycles. The van der Waals surface area contributed by atoms with Gasteiger partial charge < -0.3 is 14.9 Å². The molecule has 0 atom stereocenters. The number of carbonyl (C=O) groups is 1. The number of carbonyl (C=O) groups excluding carboxylic acids is 1. The van der Waals surface area contributed by atoms with Gasteiger partial charge in [0.1, 0.15) is 0 Å². The lowest BCUT2D eigenvalue weighted by Gasteiger charge is -2.05. The third-order valence-corrected chi connectivity index (χ3v) is 2.85. The molecular weight excluding hydrogens is 244 g/mol. The maximum atomic E-state index is 11.7. The molecule has 5 nitrogen and oxygen atoms in total. The first-order valence-electron chi connectivity index (χ1n) is 5.67. The summed E-state index contributed by atoms with van der Waals surface area (Å²) in [6, 6.07) is 7.42. The molecule has 0 spiro atoms. The van der Waals surface area contributed by atoms with E-state index >= 15 is 0 Å². The van der Waals surface area contributed by atoms with Crippen LogP contribution >= 0.6 is 0 Å². The summed E-state index contributed by atoms with van der Waals surface area (Å²) < 4.78 is 4.64. The molecule has 0 aliphatic heterocycles. The normalized spacial score (nSPS) is 11.6. The van der Waals surface area contributed by atoms with Gasteiger partial charge in [0, 0.05) is 16.5 Å². The van der Waals surface area contributed by atoms with Crippen LogP contribution in [0.1, 0.15) is 18.2 Å². The van der Waals surface area contributed by atoms with Crippen molar-refractivity contribution in [1.82, 2.24) is 4.98 Å². The van der Waals surface area contributed by atoms with E-state index < -0.39 is 5.97 Å². The smallest absolute Gasteiger partial charge is 0.360 e. The molecular formula is C14H14N2O3. The monoisotopic (exact) mass is 258 g/mol. The number of fused-ring (bicyclic) bond motifs is 1. The van der Waals surface area contributed by atoms with E-state index in [-0.39, 0.29) is 5.71 Å². The third kappa shape index (κ3) is 2.10. The van der Waals surface area contributed by atoms with Crippen molar-refractivity contribution < 1.29 is 14.7 Å². The number of nitrogens with one attached hydrogen (secondary N) is 1. The lowest BCUT2D eigenvalue weighted by Crippen LogP contribution is -2.18. The van der Waals surface area contributed by atoms with Gasteiger partial charge >= 0.3 is 5.97 Å². The molecule has 0 radical (unpaired) electrons. The molecule has 0 aliphatic rings. The average molecular weight is 258 g/mol. The van der Waals surface area contributed by atoms with E-state index in [2.05, 4.69) is 21.5 Å². The van der Waals surface area contributed by atoms with Crippen LogP contribution in [-0.4, -0.2) is 29.0 Å². The van der Waals surface area contributed by atoms with Crippen LogP contribution in [0.2, 0.25) is 0 Å². The minimum absolute atomic E-state index is 0.141. The Labute approximate surface area is 110 Å². The van der Waals surface area contributed by atoms with E-state index in [0.29, 0.717) is 11.3 Å². The predicted octanol–water partition coefficient (Wildman–Crippen LogP) is 2.55. The number of aromatic amines is 1. The van der Waals surface area contributed by atoms with Gasteiger partial charge in [-0.3, -0.25) is 0 Å². The van der Waals surface area contributed by atoms with Gasteiger partial charge in [-0.25, -0.2) is 4.79 Å². The number of aromatic nitrogens is 1. The van der Waals surface area contributed by atoms with Crippen LogP contribution in [0.25, 0.3) is 16.5 Å². The number of nitrogens with zero attached hydrogens (tertiary/aromatic N) is 1. The molecule has 2 aromatic rings. The van der Waals surface area contributed by atoms with Crippen LogP contribution in [0.3, 0.4) is 0 Å². The van der Waals surface area contributed by atoms with Gasteiger partial charge in [0.05, 0.1) is 12.8 Å². The quantitative estimate of drug-likeness (QED) is 0.384. The van der Waals surface area contributed by atoms with Crippen LogP contribution in [0.15, 0.2) is 36.0 Å². The number of ether oxygens (including phenoxy) is 1. The maximum Gasteiger partial charge on any atom is 0.360 e. The van der Waals surface area contributed by atoms with Crippen molar-refractivity contribution in [3.8, 4) is 0 Å². The Morgan fingerprint density at radius 3 is 2.68 bits per heavy atom. The van der Waals surface area contributed by atoms with Gasteiger partial charge in [-0.05, 0) is 18.6 Å². The van der Waals surface area contributed by atoms with Crippen molar-refractivity contribution >= 4 is 28.2 Å². The van der Waals surface area contributed by atoms with Crippen LogP contribution in [0.4, 0.5) is 0 Å². The topological polar surface area (TPSA) is 74.7 Å². The Hall–Kier alpha value is -2.56. The van der Waals surface area contributed by atoms with Crippen molar-refractivity contribution in [2.24, 2.45) is 5.16 Å². The SMILES string of the molecule is C=C(C)c1[nH]c2ccccc2c1/C(=N/O)C(=O)OC. The number of benzene rings is 1. The first-order valence-corrected chi connectivity index (χ1v) is 5.67. The van der Waals surface area contributed by atoms with Crippen molar-refractivity contribution in [2.75, 3.05) is 7.11 Å². The van der Waals surface area contributed by atoms with Crippen LogP contribution in [0, 0.1) is 0 Å². The van der Waals surface area contributed by atoms with E-state index in [0.717, 1.165) is 16.5 Å². The number of rotatable bonds is 3. The zero-order valence-corrected chi connectivity index (χ0v) is 10.7. The van der Waals surface area contributed by atoms with Gasteiger partial charge in [0.25, 0.3) is 0 Å². The first kappa shape index (κ1) is 12.9. The number of H-pyrrole nitrogens is 1. The Balaban J connectivity index is 2.79. The van der Waals surface area contributed by atoms with Gasteiger partial charge in [-0.1, -0.05) is 29.9 Å². The molecule has 5 heteroatoms. The highest BCUT2D eigenvalue weighted by Crippen LogP contribution is 2.27. The van der Waals surface area contributed by atoms with Crippen molar-refractivity contribution in [1.29, 1.82) is 0 Å². The zero-order valence-electron chi connectivity index (χ0n) is 10.7. The van der Waals surface area contributed by atoms with Gasteiger partial charge in [0.2, 0.25) is 0 Å². The number of methoxy groups -OCH3 is 1. The Bertz CT molecular complexity index is 683. The zero-order chi connectivity index (χ0) is 14.0. The van der Waals surface area contributed by atoms with Crippen molar-refractivity contribution in [2.45, 2.75) is 6.92 Å². The number of oxime groups is 1. The van der Waals surface area contributed by atoms with E-state index in [1.165, 1.54) is 7.11 Å². The molecule has 1 aromatic heterocycles. The second kappa shape index (κ2) is 4.97. The summed E-state index contributed by atoms with van der Waals surface area (Å²) in [5.41, 5.74) is 2.58. The van der Waals surface area contributed by atoms with Crippen LogP contribution in [0.5, 0.6) is 0 Å². The molecule has 0 unspecified atom stereocenters. The number of hydrogen-bond donors (Lipinski definition) is 2. The molecule has 0 amide bonds. The van der Waals surface area contributed by atoms with Crippen LogP contribution in [-0.2, 0) is 9.53 Å². The fraction of sp³-hybridized carbons (Fsp3) is 0.143. The molecule has 19 heavy (non-hydrogen) atoms. The minimum atomic E-state index is -0.699. The second-order valence-electron chi connectivity index (χ2n) is 4.14. The van der Waals surface area contributed by atoms with E-state index in [9.17, 15) is 4.79 Å². The predicted molar refractivity (Wildman–Crippen MR) is 73.3 cm³/mol. The van der Waals surface area contributed by atoms with E-state index in [4.69, 9.17) is 5.21 Å². The Kier molecular flexibility index (Phi) is 3.37. The number of allylic oxidation sites excluding steroid dienone is 1. The average Bonchev–Trinajstić information content (AvgIpc) is 2.79. The minimum Gasteiger partial charge on any atom is -0.464 e. The molecule has 0 bridgehead atoms. The lowest BCUT2D eigenvalue weighted by atomic mass is 10.0. The maximum absolute atomic E-state index is 11.7. The fourth-order valence-corrected chi connectivity index (χ4v) is 2.00. The molecule has 1 aromatic carbocycles. The summed E-state index contributed by atoms with van der Waals surface area (Å²) in [6.45, 7) is 5.67. The highest BCUT2D eigenvalue weighted by molar-refractivity contribution is 6.46. The van der Waals surface area contributed by atoms with E-state index in [1.807, 2.05) is 24.3 Å². The molecule has 0 fully saturated rings. The number of para-hydroxylation sites is 1. The third-order valence-electron chi connectivity index (χ3n) is 2.85. The summed E-state index contributed by atoms with van der Waals surface area (Å²) in [7, 11) is 1.24. The first-order chi connectivity index (χ1) is 9.10. The lowest BCUT2D eigenvalue weighted by molar-refractivity contribution is -0.132. The largest absolute Gasteiger partial charge is 0.464 e.